The largest absolute Gasteiger partial charge is 0.444 e. The first-order valence-electron chi connectivity index (χ1n) is 13.8. The summed E-state index contributed by atoms with van der Waals surface area (Å²) < 4.78 is 36.4. The van der Waals surface area contributed by atoms with E-state index >= 15 is 0 Å². The summed E-state index contributed by atoms with van der Waals surface area (Å²) in [6, 6.07) is 9.00. The third-order valence-electron chi connectivity index (χ3n) is 6.76. The van der Waals surface area contributed by atoms with Gasteiger partial charge in [-0.3, -0.25) is 15.4 Å². The maximum absolute atomic E-state index is 13.7. The van der Waals surface area contributed by atoms with Crippen LogP contribution in [0, 0.1) is 15.9 Å². The molecule has 1 N–H and O–H groups in total. The molecular weight excluding hydrogens is 521 g/mol. The van der Waals surface area contributed by atoms with E-state index in [9.17, 15) is 19.3 Å². The summed E-state index contributed by atoms with van der Waals surface area (Å²) >= 11 is 0. The van der Waals surface area contributed by atoms with Crippen LogP contribution in [-0.4, -0.2) is 61.9 Å². The summed E-state index contributed by atoms with van der Waals surface area (Å²) in [4.78, 5) is 26.4. The van der Waals surface area contributed by atoms with Gasteiger partial charge in [0.25, 0.3) is 0 Å². The van der Waals surface area contributed by atoms with Crippen molar-refractivity contribution in [2.75, 3.05) is 43.1 Å². The summed E-state index contributed by atoms with van der Waals surface area (Å²) in [5, 5.41) is 15.0. The number of carbonyl (C=O) groups is 1. The van der Waals surface area contributed by atoms with Gasteiger partial charge in [0.05, 0.1) is 24.2 Å². The summed E-state index contributed by atoms with van der Waals surface area (Å²) in [5.74, 6) is -0.403. The van der Waals surface area contributed by atoms with Crippen LogP contribution >= 0.6 is 0 Å². The van der Waals surface area contributed by atoms with Crippen LogP contribution in [0.5, 0.6) is 0 Å². The molecule has 2 aliphatic heterocycles. The minimum Gasteiger partial charge on any atom is -0.444 e. The molecule has 0 saturated carbocycles. The summed E-state index contributed by atoms with van der Waals surface area (Å²) in [6.45, 7) is 7.77. The Kier molecular flexibility index (Phi) is 9.94. The van der Waals surface area contributed by atoms with Gasteiger partial charge in [-0.2, -0.15) is 0 Å². The molecule has 1 unspecified atom stereocenters. The number of carbonyl (C=O) groups excluding carboxylic acids is 1. The lowest BCUT2D eigenvalue weighted by atomic mass is 9.98. The van der Waals surface area contributed by atoms with Crippen LogP contribution in [0.4, 0.5) is 26.2 Å². The Bertz CT molecular complexity index is 1160. The fourth-order valence-corrected chi connectivity index (χ4v) is 4.94. The highest BCUT2D eigenvalue weighted by Crippen LogP contribution is 2.44. The average Bonchev–Trinajstić information content (AvgIpc) is 2.91. The van der Waals surface area contributed by atoms with Gasteiger partial charge in [0.2, 0.25) is 0 Å². The lowest BCUT2D eigenvalue weighted by Crippen LogP contribution is -2.38. The standard InChI is InChI=1S/C29H38FN3O7/c1-29(2,3)40-28(34)31-24-12-11-23(20-7-9-21(30)10-8-20)26(27(24)33(35)36)32-15-13-22(14-16-32)37-18-19-39-25-6-4-5-17-38-25/h7-12,22,25H,4-6,13-19H2,1-3H3,(H,31,34). The predicted molar refractivity (Wildman–Crippen MR) is 149 cm³/mol. The number of amides is 1. The zero-order chi connectivity index (χ0) is 28.7. The zero-order valence-electron chi connectivity index (χ0n) is 23.3. The Hall–Kier alpha value is -3.28. The number of nitro groups is 1. The van der Waals surface area contributed by atoms with E-state index in [0.717, 1.165) is 25.9 Å². The fourth-order valence-electron chi connectivity index (χ4n) is 4.94. The minimum absolute atomic E-state index is 0.0106. The Morgan fingerprint density at radius 2 is 1.77 bits per heavy atom. The number of ether oxygens (including phenoxy) is 4. The van der Waals surface area contributed by atoms with Crippen LogP contribution in [-0.2, 0) is 18.9 Å². The highest BCUT2D eigenvalue weighted by molar-refractivity contribution is 5.96. The molecule has 2 aromatic rings. The molecule has 1 amide bonds. The lowest BCUT2D eigenvalue weighted by molar-refractivity contribution is -0.383. The normalized spacial score (nSPS) is 18.4. The number of hydrogen-bond donors (Lipinski definition) is 1. The Morgan fingerprint density at radius 3 is 2.40 bits per heavy atom. The predicted octanol–water partition coefficient (Wildman–Crippen LogP) is 6.28. The first kappa shape index (κ1) is 29.7. The van der Waals surface area contributed by atoms with Crippen molar-refractivity contribution in [1.29, 1.82) is 0 Å². The molecule has 4 rings (SSSR count). The van der Waals surface area contributed by atoms with Crippen molar-refractivity contribution < 1.29 is 33.1 Å². The van der Waals surface area contributed by atoms with Gasteiger partial charge in [-0.1, -0.05) is 12.1 Å². The molecule has 2 aromatic carbocycles. The molecule has 2 aliphatic rings. The summed E-state index contributed by atoms with van der Waals surface area (Å²) in [6.07, 6.45) is 3.42. The minimum atomic E-state index is -0.788. The smallest absolute Gasteiger partial charge is 0.412 e. The molecule has 10 nitrogen and oxygen atoms in total. The van der Waals surface area contributed by atoms with Gasteiger partial charge in [0.15, 0.2) is 6.29 Å². The second-order valence-electron chi connectivity index (χ2n) is 11.0. The fraction of sp³-hybridized carbons (Fsp3) is 0.552. The van der Waals surface area contributed by atoms with Gasteiger partial charge < -0.3 is 23.8 Å². The van der Waals surface area contributed by atoms with Gasteiger partial charge in [0.1, 0.15) is 22.8 Å². The topological polar surface area (TPSA) is 112 Å². The van der Waals surface area contributed by atoms with Crippen molar-refractivity contribution in [3.8, 4) is 11.1 Å². The highest BCUT2D eigenvalue weighted by atomic mass is 19.1. The summed E-state index contributed by atoms with van der Waals surface area (Å²) in [7, 11) is 0. The van der Waals surface area contributed by atoms with Crippen LogP contribution in [0.1, 0.15) is 52.9 Å². The number of benzene rings is 2. The van der Waals surface area contributed by atoms with E-state index in [-0.39, 0.29) is 23.8 Å². The van der Waals surface area contributed by atoms with E-state index < -0.39 is 22.4 Å². The first-order valence-corrected chi connectivity index (χ1v) is 13.8. The van der Waals surface area contributed by atoms with E-state index in [1.54, 1.807) is 39.0 Å². The van der Waals surface area contributed by atoms with Crippen molar-refractivity contribution in [3.63, 3.8) is 0 Å². The Labute approximate surface area is 233 Å². The van der Waals surface area contributed by atoms with Crippen molar-refractivity contribution >= 4 is 23.2 Å². The van der Waals surface area contributed by atoms with E-state index in [4.69, 9.17) is 18.9 Å². The van der Waals surface area contributed by atoms with Gasteiger partial charge in [0, 0.05) is 25.3 Å². The summed E-state index contributed by atoms with van der Waals surface area (Å²) in [5.41, 5.74) is 0.576. The second kappa shape index (κ2) is 13.4. The molecule has 0 bridgehead atoms. The third kappa shape index (κ3) is 8.12. The van der Waals surface area contributed by atoms with Crippen LogP contribution in [0.25, 0.3) is 11.1 Å². The number of nitro benzene ring substituents is 1. The number of anilines is 2. The Balaban J connectivity index is 1.51. The van der Waals surface area contributed by atoms with Crippen LogP contribution in [0.3, 0.4) is 0 Å². The highest BCUT2D eigenvalue weighted by Gasteiger charge is 2.32. The molecule has 2 fully saturated rings. The maximum Gasteiger partial charge on any atom is 0.412 e. The average molecular weight is 560 g/mol. The van der Waals surface area contributed by atoms with E-state index in [2.05, 4.69) is 5.32 Å². The van der Waals surface area contributed by atoms with Crippen molar-refractivity contribution in [2.45, 2.75) is 70.9 Å². The molecule has 0 aliphatic carbocycles. The number of halogens is 1. The zero-order valence-corrected chi connectivity index (χ0v) is 23.3. The van der Waals surface area contributed by atoms with Crippen molar-refractivity contribution in [2.24, 2.45) is 0 Å². The van der Waals surface area contributed by atoms with Crippen LogP contribution in [0.2, 0.25) is 0 Å². The SMILES string of the molecule is CC(C)(C)OC(=O)Nc1ccc(-c2ccc(F)cc2)c(N2CCC(OCCOC3CCCCO3)CC2)c1[N+](=O)[O-]. The van der Waals surface area contributed by atoms with Gasteiger partial charge in [-0.05, 0) is 82.7 Å². The molecule has 0 spiro atoms. The number of nitrogens with one attached hydrogen (secondary N) is 1. The molecule has 11 heteroatoms. The number of piperidine rings is 1. The third-order valence-corrected chi connectivity index (χ3v) is 6.76. The molecule has 2 heterocycles. The number of rotatable bonds is 9. The number of hydrogen-bond acceptors (Lipinski definition) is 8. The van der Waals surface area contributed by atoms with E-state index in [1.165, 1.54) is 18.2 Å². The molecule has 1 atom stereocenters. The second-order valence-corrected chi connectivity index (χ2v) is 11.0. The van der Waals surface area contributed by atoms with E-state index in [1.807, 2.05) is 4.90 Å². The van der Waals surface area contributed by atoms with Gasteiger partial charge in [-0.25, -0.2) is 9.18 Å². The molecule has 0 aromatic heterocycles. The van der Waals surface area contributed by atoms with Gasteiger partial charge in [-0.15, -0.1) is 0 Å². The molecule has 2 saturated heterocycles. The maximum atomic E-state index is 13.7. The van der Waals surface area contributed by atoms with Crippen molar-refractivity contribution in [3.05, 3.63) is 52.3 Å². The first-order chi connectivity index (χ1) is 19.1. The van der Waals surface area contributed by atoms with Gasteiger partial charge >= 0.3 is 11.8 Å². The van der Waals surface area contributed by atoms with Crippen LogP contribution < -0.4 is 10.2 Å². The van der Waals surface area contributed by atoms with E-state index in [0.29, 0.717) is 56.0 Å². The molecule has 40 heavy (non-hydrogen) atoms. The monoisotopic (exact) mass is 559 g/mol. The number of nitrogens with zero attached hydrogens (tertiary/aromatic N) is 2. The quantitative estimate of drug-likeness (QED) is 0.217. The Morgan fingerprint density at radius 1 is 1.07 bits per heavy atom. The molecule has 0 radical (unpaired) electrons. The van der Waals surface area contributed by atoms with Crippen LogP contribution in [0.15, 0.2) is 36.4 Å². The molecule has 218 valence electrons. The molecular formula is C29H38FN3O7. The lowest BCUT2D eigenvalue weighted by Gasteiger charge is -2.34. The van der Waals surface area contributed by atoms with Crippen molar-refractivity contribution in [1.82, 2.24) is 0 Å².